The summed E-state index contributed by atoms with van der Waals surface area (Å²) in [5.74, 6) is -0.644. The molecule has 1 heterocycles. The molecule has 1 aliphatic carbocycles. The zero-order chi connectivity index (χ0) is 20.5. The Hall–Kier alpha value is -2.63. The second-order valence-electron chi connectivity index (χ2n) is 8.18. The third-order valence-corrected chi connectivity index (χ3v) is 6.22. The van der Waals surface area contributed by atoms with E-state index in [1.807, 2.05) is 6.92 Å². The number of phenolic OH excluding ortho intramolecular Hbond substituents is 1. The standard InChI is InChI=1S/C23H25F2NO3/c1-14(29-19-4-2-3-18(24)11-19)16-7-5-15(6-8-16)12-26-13-17-9-10-20(27)22(25)21(17)23(26)28/h2-4,9-11,14-16,27H,5-8,12-13H2,1H3. The number of nitrogens with zero attached hydrogens (tertiary/aromatic N) is 1. The number of carbonyl (C=O) groups is 1. The number of rotatable bonds is 5. The fourth-order valence-electron chi connectivity index (χ4n) is 4.55. The molecule has 1 unspecified atom stereocenters. The van der Waals surface area contributed by atoms with Crippen molar-refractivity contribution in [1.29, 1.82) is 0 Å². The van der Waals surface area contributed by atoms with E-state index in [0.717, 1.165) is 25.7 Å². The average Bonchev–Trinajstić information content (AvgIpc) is 3.01. The molecular formula is C23H25F2NO3. The zero-order valence-corrected chi connectivity index (χ0v) is 16.4. The quantitative estimate of drug-likeness (QED) is 0.775. The summed E-state index contributed by atoms with van der Waals surface area (Å²) in [6.45, 7) is 3.01. The van der Waals surface area contributed by atoms with Crippen molar-refractivity contribution in [2.45, 2.75) is 45.3 Å². The van der Waals surface area contributed by atoms with Crippen LogP contribution in [0.3, 0.4) is 0 Å². The number of phenols is 1. The van der Waals surface area contributed by atoms with Crippen LogP contribution >= 0.6 is 0 Å². The molecule has 29 heavy (non-hydrogen) atoms. The van der Waals surface area contributed by atoms with Crippen LogP contribution in [-0.2, 0) is 6.54 Å². The van der Waals surface area contributed by atoms with Gasteiger partial charge in [0.25, 0.3) is 5.91 Å². The number of hydrogen-bond acceptors (Lipinski definition) is 3. The zero-order valence-electron chi connectivity index (χ0n) is 16.4. The first kappa shape index (κ1) is 19.7. The first-order valence-corrected chi connectivity index (χ1v) is 10.1. The second-order valence-corrected chi connectivity index (χ2v) is 8.18. The monoisotopic (exact) mass is 401 g/mol. The molecule has 1 saturated carbocycles. The number of hydrogen-bond donors (Lipinski definition) is 1. The Morgan fingerprint density at radius 2 is 1.93 bits per heavy atom. The summed E-state index contributed by atoms with van der Waals surface area (Å²) in [5, 5.41) is 9.53. The molecule has 2 aromatic rings. The van der Waals surface area contributed by atoms with Crippen LogP contribution in [0.5, 0.6) is 11.5 Å². The summed E-state index contributed by atoms with van der Waals surface area (Å²) in [7, 11) is 0. The Balaban J connectivity index is 1.30. The fraction of sp³-hybridized carbons (Fsp3) is 0.435. The minimum absolute atomic E-state index is 0.00695. The Morgan fingerprint density at radius 1 is 1.17 bits per heavy atom. The molecule has 1 fully saturated rings. The van der Waals surface area contributed by atoms with Gasteiger partial charge in [0, 0.05) is 19.2 Å². The van der Waals surface area contributed by atoms with E-state index in [4.69, 9.17) is 4.74 Å². The molecule has 2 aromatic carbocycles. The predicted octanol–water partition coefficient (Wildman–Crippen LogP) is 4.90. The highest BCUT2D eigenvalue weighted by Gasteiger charge is 2.34. The summed E-state index contributed by atoms with van der Waals surface area (Å²) >= 11 is 0. The maximum atomic E-state index is 14.1. The minimum Gasteiger partial charge on any atom is -0.505 e. The third kappa shape index (κ3) is 4.07. The normalized spacial score (nSPS) is 22.4. The third-order valence-electron chi connectivity index (χ3n) is 6.22. The van der Waals surface area contributed by atoms with Crippen LogP contribution in [0.15, 0.2) is 36.4 Å². The predicted molar refractivity (Wildman–Crippen MR) is 105 cm³/mol. The molecule has 1 amide bonds. The molecule has 154 valence electrons. The molecule has 0 aromatic heterocycles. The smallest absolute Gasteiger partial charge is 0.257 e. The van der Waals surface area contributed by atoms with Crippen LogP contribution in [0.1, 0.15) is 48.5 Å². The molecule has 1 aliphatic heterocycles. The van der Waals surface area contributed by atoms with Crippen molar-refractivity contribution in [3.05, 3.63) is 59.2 Å². The Bertz CT molecular complexity index is 909. The summed E-state index contributed by atoms with van der Waals surface area (Å²) in [4.78, 5) is 14.3. The molecule has 0 saturated heterocycles. The van der Waals surface area contributed by atoms with Crippen molar-refractivity contribution >= 4 is 5.91 Å². The first-order valence-electron chi connectivity index (χ1n) is 10.1. The lowest BCUT2D eigenvalue weighted by atomic mass is 9.79. The SMILES string of the molecule is CC(Oc1cccc(F)c1)C1CCC(CN2Cc3ccc(O)c(F)c3C2=O)CC1. The van der Waals surface area contributed by atoms with E-state index in [0.29, 0.717) is 36.2 Å². The van der Waals surface area contributed by atoms with Crippen molar-refractivity contribution in [3.63, 3.8) is 0 Å². The van der Waals surface area contributed by atoms with Gasteiger partial charge in [-0.2, -0.15) is 0 Å². The molecule has 0 bridgehead atoms. The Labute approximate surface area is 169 Å². The molecule has 4 rings (SSSR count). The number of fused-ring (bicyclic) bond motifs is 1. The van der Waals surface area contributed by atoms with Gasteiger partial charge in [-0.3, -0.25) is 4.79 Å². The van der Waals surface area contributed by atoms with Crippen molar-refractivity contribution in [1.82, 2.24) is 4.90 Å². The highest BCUT2D eigenvalue weighted by atomic mass is 19.1. The Kier molecular flexibility index (Phi) is 5.43. The Morgan fingerprint density at radius 3 is 2.66 bits per heavy atom. The largest absolute Gasteiger partial charge is 0.505 e. The van der Waals surface area contributed by atoms with Crippen molar-refractivity contribution in [2.24, 2.45) is 11.8 Å². The van der Waals surface area contributed by atoms with Crippen molar-refractivity contribution in [3.8, 4) is 11.5 Å². The van der Waals surface area contributed by atoms with Crippen LogP contribution in [0, 0.1) is 23.5 Å². The highest BCUT2D eigenvalue weighted by molar-refractivity contribution is 5.99. The molecule has 6 heteroatoms. The van der Waals surface area contributed by atoms with Crippen LogP contribution in [0.4, 0.5) is 8.78 Å². The molecule has 1 atom stereocenters. The molecule has 4 nitrogen and oxygen atoms in total. The maximum Gasteiger partial charge on any atom is 0.257 e. The van der Waals surface area contributed by atoms with E-state index in [1.54, 1.807) is 23.1 Å². The lowest BCUT2D eigenvalue weighted by molar-refractivity contribution is 0.0682. The van der Waals surface area contributed by atoms with E-state index in [2.05, 4.69) is 0 Å². The van der Waals surface area contributed by atoms with Crippen LogP contribution in [-0.4, -0.2) is 28.6 Å². The van der Waals surface area contributed by atoms with Gasteiger partial charge < -0.3 is 14.7 Å². The number of carbonyl (C=O) groups excluding carboxylic acids is 1. The van der Waals surface area contributed by atoms with Gasteiger partial charge in [0.15, 0.2) is 11.6 Å². The number of amides is 1. The number of aromatic hydroxyl groups is 1. The van der Waals surface area contributed by atoms with Gasteiger partial charge in [-0.05, 0) is 68.2 Å². The summed E-state index contributed by atoms with van der Waals surface area (Å²) in [6.07, 6.45) is 3.88. The molecule has 0 spiro atoms. The molecular weight excluding hydrogens is 376 g/mol. The molecule has 2 aliphatic rings. The second kappa shape index (κ2) is 8.01. The van der Waals surface area contributed by atoms with Gasteiger partial charge in [-0.1, -0.05) is 12.1 Å². The van der Waals surface area contributed by atoms with Crippen molar-refractivity contribution in [2.75, 3.05) is 6.54 Å². The van der Waals surface area contributed by atoms with Gasteiger partial charge in [0.1, 0.15) is 11.6 Å². The summed E-state index contributed by atoms with van der Waals surface area (Å²) < 4.78 is 33.4. The van der Waals surface area contributed by atoms with E-state index < -0.39 is 11.6 Å². The highest BCUT2D eigenvalue weighted by Crippen LogP contribution is 2.35. The lowest BCUT2D eigenvalue weighted by Gasteiger charge is -2.34. The van der Waals surface area contributed by atoms with E-state index >= 15 is 0 Å². The van der Waals surface area contributed by atoms with Gasteiger partial charge in [-0.15, -0.1) is 0 Å². The van der Waals surface area contributed by atoms with Crippen LogP contribution in [0.2, 0.25) is 0 Å². The van der Waals surface area contributed by atoms with Gasteiger partial charge in [0.05, 0.1) is 11.7 Å². The number of ether oxygens (including phenoxy) is 1. The van der Waals surface area contributed by atoms with E-state index in [9.17, 15) is 18.7 Å². The molecule has 0 radical (unpaired) electrons. The van der Waals surface area contributed by atoms with Crippen molar-refractivity contribution < 1.29 is 23.4 Å². The van der Waals surface area contributed by atoms with Gasteiger partial charge >= 0.3 is 0 Å². The van der Waals surface area contributed by atoms with E-state index in [1.165, 1.54) is 18.2 Å². The van der Waals surface area contributed by atoms with Crippen LogP contribution < -0.4 is 4.74 Å². The van der Waals surface area contributed by atoms with E-state index in [-0.39, 0.29) is 23.4 Å². The van der Waals surface area contributed by atoms with Crippen LogP contribution in [0.25, 0.3) is 0 Å². The first-order chi connectivity index (χ1) is 13.9. The lowest BCUT2D eigenvalue weighted by Crippen LogP contribution is -2.34. The van der Waals surface area contributed by atoms with Gasteiger partial charge in [0.2, 0.25) is 0 Å². The topological polar surface area (TPSA) is 49.8 Å². The summed E-state index contributed by atoms with van der Waals surface area (Å²) in [6, 6.07) is 9.12. The number of halogens is 2. The maximum absolute atomic E-state index is 14.1. The number of benzene rings is 2. The average molecular weight is 401 g/mol. The van der Waals surface area contributed by atoms with Gasteiger partial charge in [-0.25, -0.2) is 8.78 Å². The molecule has 1 N–H and O–H groups in total. The fourth-order valence-corrected chi connectivity index (χ4v) is 4.55. The summed E-state index contributed by atoms with van der Waals surface area (Å²) in [5.41, 5.74) is 0.645. The minimum atomic E-state index is -0.818.